The first-order chi connectivity index (χ1) is 13.5. The molecule has 1 amide bonds. The van der Waals surface area contributed by atoms with Gasteiger partial charge in [-0.05, 0) is 47.8 Å². The molecule has 2 N–H and O–H groups in total. The van der Waals surface area contributed by atoms with Gasteiger partial charge in [0.1, 0.15) is 6.04 Å². The van der Waals surface area contributed by atoms with E-state index >= 15 is 0 Å². The number of carbonyl (C=O) groups is 2. The maximum Gasteiger partial charge on any atom is 0.308 e. The first kappa shape index (κ1) is 19.2. The summed E-state index contributed by atoms with van der Waals surface area (Å²) in [5.74, 6) is -1.61. The highest BCUT2D eigenvalue weighted by atomic mass is 16.5. The average Bonchev–Trinajstić information content (AvgIpc) is 3.47. The van der Waals surface area contributed by atoms with E-state index in [1.807, 2.05) is 18.2 Å². The monoisotopic (exact) mass is 384 g/mol. The second-order valence-electron chi connectivity index (χ2n) is 8.40. The van der Waals surface area contributed by atoms with Crippen molar-refractivity contribution in [1.82, 2.24) is 10.2 Å². The third-order valence-corrected chi connectivity index (χ3v) is 6.49. The fourth-order valence-corrected chi connectivity index (χ4v) is 4.68. The van der Waals surface area contributed by atoms with Crippen molar-refractivity contribution in [3.05, 3.63) is 41.5 Å². The smallest absolute Gasteiger partial charge is 0.308 e. The first-order valence-electron chi connectivity index (χ1n) is 10.0. The minimum atomic E-state index is -0.869. The van der Waals surface area contributed by atoms with Gasteiger partial charge in [0.05, 0.1) is 12.5 Å². The number of hydrogen-bond acceptors (Lipinski definition) is 4. The molecular weight excluding hydrogens is 356 g/mol. The van der Waals surface area contributed by atoms with Gasteiger partial charge in [0.15, 0.2) is 0 Å². The maximum atomic E-state index is 13.2. The molecule has 1 saturated carbocycles. The van der Waals surface area contributed by atoms with Gasteiger partial charge in [-0.3, -0.25) is 9.59 Å². The highest BCUT2D eigenvalue weighted by Gasteiger charge is 2.53. The van der Waals surface area contributed by atoms with Crippen LogP contribution in [0.25, 0.3) is 5.57 Å². The van der Waals surface area contributed by atoms with Gasteiger partial charge in [-0.25, -0.2) is 0 Å². The van der Waals surface area contributed by atoms with Crippen LogP contribution in [-0.4, -0.2) is 61.3 Å². The topological polar surface area (TPSA) is 78.9 Å². The second kappa shape index (κ2) is 7.68. The van der Waals surface area contributed by atoms with Gasteiger partial charge >= 0.3 is 5.97 Å². The number of piperidine rings is 1. The zero-order chi connectivity index (χ0) is 19.7. The largest absolute Gasteiger partial charge is 0.481 e. The van der Waals surface area contributed by atoms with E-state index in [-0.39, 0.29) is 11.3 Å². The zero-order valence-corrected chi connectivity index (χ0v) is 16.3. The Labute approximate surface area is 165 Å². The number of aliphatic carboxylic acids is 1. The molecule has 6 nitrogen and oxygen atoms in total. The van der Waals surface area contributed by atoms with E-state index in [1.165, 1.54) is 5.57 Å². The molecule has 2 fully saturated rings. The highest BCUT2D eigenvalue weighted by Crippen LogP contribution is 2.52. The van der Waals surface area contributed by atoms with Crippen LogP contribution in [0.3, 0.4) is 0 Å². The van der Waals surface area contributed by atoms with Crippen LogP contribution in [0.5, 0.6) is 0 Å². The molecule has 1 aromatic carbocycles. The summed E-state index contributed by atoms with van der Waals surface area (Å²) >= 11 is 0. The lowest BCUT2D eigenvalue weighted by Gasteiger charge is -2.39. The third-order valence-electron chi connectivity index (χ3n) is 6.49. The quantitative estimate of drug-likeness (QED) is 0.813. The predicted molar refractivity (Wildman–Crippen MR) is 106 cm³/mol. The van der Waals surface area contributed by atoms with Gasteiger partial charge in [0.25, 0.3) is 0 Å². The molecule has 1 spiro atoms. The lowest BCUT2D eigenvalue weighted by molar-refractivity contribution is -0.150. The van der Waals surface area contributed by atoms with E-state index in [1.54, 1.807) is 12.0 Å². The van der Waals surface area contributed by atoms with E-state index in [0.717, 1.165) is 36.9 Å². The van der Waals surface area contributed by atoms with Gasteiger partial charge in [-0.1, -0.05) is 30.3 Å². The zero-order valence-electron chi connectivity index (χ0n) is 16.3. The standard InChI is InChI=1S/C22H28N2O4/c1-28-13-16-12-24(10-7-17(16)15-5-3-2-4-6-15)20(25)19-18(21(26)27)11-22(8-9-22)14-23-19/h2-6,18-19,23H,7-14H2,1H3,(H,26,27). The molecule has 0 radical (unpaired) electrons. The van der Waals surface area contributed by atoms with Crippen molar-refractivity contribution in [3.8, 4) is 0 Å². The summed E-state index contributed by atoms with van der Waals surface area (Å²) in [4.78, 5) is 26.9. The lowest BCUT2D eigenvalue weighted by Crippen LogP contribution is -2.58. The molecule has 2 heterocycles. The molecule has 0 bridgehead atoms. The molecule has 2 unspecified atom stereocenters. The predicted octanol–water partition coefficient (Wildman–Crippen LogP) is 2.16. The van der Waals surface area contributed by atoms with Crippen molar-refractivity contribution in [2.75, 3.05) is 33.4 Å². The number of amides is 1. The van der Waals surface area contributed by atoms with E-state index in [4.69, 9.17) is 4.74 Å². The molecular formula is C22H28N2O4. The molecule has 4 rings (SSSR count). The Bertz CT molecular complexity index is 785. The number of carboxylic acids is 1. The summed E-state index contributed by atoms with van der Waals surface area (Å²) in [6.45, 7) is 2.31. The van der Waals surface area contributed by atoms with Crippen LogP contribution in [0.1, 0.15) is 31.2 Å². The summed E-state index contributed by atoms with van der Waals surface area (Å²) in [6, 6.07) is 9.56. The number of carbonyl (C=O) groups excluding carboxylic acids is 1. The molecule has 3 aliphatic rings. The van der Waals surface area contributed by atoms with Gasteiger partial charge in [-0.2, -0.15) is 0 Å². The molecule has 1 aromatic rings. The van der Waals surface area contributed by atoms with Crippen molar-refractivity contribution in [3.63, 3.8) is 0 Å². The van der Waals surface area contributed by atoms with Crippen LogP contribution in [0.4, 0.5) is 0 Å². The lowest BCUT2D eigenvalue weighted by atomic mass is 9.81. The van der Waals surface area contributed by atoms with E-state index in [9.17, 15) is 14.7 Å². The third kappa shape index (κ3) is 3.71. The number of benzene rings is 1. The minimum Gasteiger partial charge on any atom is -0.481 e. The van der Waals surface area contributed by atoms with Crippen LogP contribution in [0, 0.1) is 11.3 Å². The van der Waals surface area contributed by atoms with Gasteiger partial charge in [0.2, 0.25) is 5.91 Å². The van der Waals surface area contributed by atoms with Crippen molar-refractivity contribution in [2.24, 2.45) is 11.3 Å². The Kier molecular flexibility index (Phi) is 5.25. The summed E-state index contributed by atoms with van der Waals surface area (Å²) < 4.78 is 5.40. The highest BCUT2D eigenvalue weighted by molar-refractivity contribution is 5.89. The summed E-state index contributed by atoms with van der Waals surface area (Å²) in [5.41, 5.74) is 3.60. The van der Waals surface area contributed by atoms with E-state index in [2.05, 4.69) is 17.4 Å². The number of ether oxygens (including phenoxy) is 1. The Balaban J connectivity index is 1.52. The average molecular weight is 384 g/mol. The van der Waals surface area contributed by atoms with Crippen LogP contribution < -0.4 is 5.32 Å². The number of hydrogen-bond donors (Lipinski definition) is 2. The van der Waals surface area contributed by atoms with Crippen LogP contribution in [-0.2, 0) is 14.3 Å². The minimum absolute atomic E-state index is 0.0939. The second-order valence-corrected chi connectivity index (χ2v) is 8.40. The summed E-state index contributed by atoms with van der Waals surface area (Å²) in [6.07, 6.45) is 3.49. The van der Waals surface area contributed by atoms with Crippen LogP contribution in [0.15, 0.2) is 35.9 Å². The van der Waals surface area contributed by atoms with Gasteiger partial charge in [0, 0.05) is 26.7 Å². The Morgan fingerprint density at radius 2 is 2.04 bits per heavy atom. The molecule has 1 saturated heterocycles. The molecule has 6 heteroatoms. The van der Waals surface area contributed by atoms with Crippen LogP contribution >= 0.6 is 0 Å². The van der Waals surface area contributed by atoms with Gasteiger partial charge < -0.3 is 20.1 Å². The SMILES string of the molecule is COCC1=C(c2ccccc2)CCN(C(=O)C2NCC3(CC3)CC2C(=O)O)C1. The first-order valence-corrected chi connectivity index (χ1v) is 10.0. The number of methoxy groups -OCH3 is 1. The Hall–Kier alpha value is -2.18. The maximum absolute atomic E-state index is 13.2. The van der Waals surface area contributed by atoms with Crippen molar-refractivity contribution < 1.29 is 19.4 Å². The fourth-order valence-electron chi connectivity index (χ4n) is 4.68. The number of carboxylic acid groups (broad SMARTS) is 1. The number of nitrogens with zero attached hydrogens (tertiary/aromatic N) is 1. The molecule has 2 aliphatic heterocycles. The van der Waals surface area contributed by atoms with Crippen molar-refractivity contribution >= 4 is 17.4 Å². The molecule has 1 aliphatic carbocycles. The van der Waals surface area contributed by atoms with Gasteiger partial charge in [-0.15, -0.1) is 0 Å². The number of nitrogens with one attached hydrogen (secondary N) is 1. The van der Waals surface area contributed by atoms with E-state index in [0.29, 0.717) is 26.1 Å². The Morgan fingerprint density at radius 3 is 2.68 bits per heavy atom. The van der Waals surface area contributed by atoms with Crippen LogP contribution in [0.2, 0.25) is 0 Å². The molecule has 0 aromatic heterocycles. The number of rotatable bonds is 5. The fraction of sp³-hybridized carbons (Fsp3) is 0.545. The van der Waals surface area contributed by atoms with Crippen molar-refractivity contribution in [1.29, 1.82) is 0 Å². The normalized spacial score (nSPS) is 26.4. The Morgan fingerprint density at radius 1 is 1.29 bits per heavy atom. The molecule has 2 atom stereocenters. The summed E-state index contributed by atoms with van der Waals surface area (Å²) in [5, 5.41) is 13.0. The molecule has 150 valence electrons. The van der Waals surface area contributed by atoms with Crippen molar-refractivity contribution in [2.45, 2.75) is 31.7 Å². The molecule has 28 heavy (non-hydrogen) atoms. The summed E-state index contributed by atoms with van der Waals surface area (Å²) in [7, 11) is 1.66. The van der Waals surface area contributed by atoms with E-state index < -0.39 is 17.9 Å².